The smallest absolute Gasteiger partial charge is 0.335 e. The average Bonchev–Trinajstić information content (AvgIpc) is 2.91. The van der Waals surface area contributed by atoms with Gasteiger partial charge < -0.3 is 19.1 Å². The second kappa shape index (κ2) is 7.18. The van der Waals surface area contributed by atoms with Crippen LogP contribution in [0.4, 0.5) is 0 Å². The summed E-state index contributed by atoms with van der Waals surface area (Å²) in [5, 5.41) is 0. The molecular weight excluding hydrogens is 298 g/mol. The van der Waals surface area contributed by atoms with Crippen molar-refractivity contribution in [2.24, 2.45) is 0 Å². The minimum Gasteiger partial charge on any atom is -0.458 e. The molecule has 6 nitrogen and oxygen atoms in total. The van der Waals surface area contributed by atoms with Crippen LogP contribution in [0.3, 0.4) is 0 Å². The number of esters is 1. The third-order valence-electron chi connectivity index (χ3n) is 4.37. The third-order valence-corrected chi connectivity index (χ3v) is 4.37. The summed E-state index contributed by atoms with van der Waals surface area (Å²) in [5.41, 5.74) is -1.63. The second-order valence-electron chi connectivity index (χ2n) is 7.42. The summed E-state index contributed by atoms with van der Waals surface area (Å²) in [4.78, 5) is 27.4. The van der Waals surface area contributed by atoms with Crippen LogP contribution >= 0.6 is 0 Å². The molecule has 2 aliphatic rings. The van der Waals surface area contributed by atoms with E-state index in [0.29, 0.717) is 26.0 Å². The fraction of sp³-hybridized carbons (Fsp3) is 0.882. The highest BCUT2D eigenvalue weighted by Gasteiger charge is 2.53. The van der Waals surface area contributed by atoms with Crippen LogP contribution in [-0.2, 0) is 23.8 Å². The van der Waals surface area contributed by atoms with Crippen molar-refractivity contribution in [2.45, 2.75) is 70.1 Å². The van der Waals surface area contributed by atoms with Gasteiger partial charge in [0.1, 0.15) is 11.7 Å². The Morgan fingerprint density at radius 2 is 2.00 bits per heavy atom. The van der Waals surface area contributed by atoms with Crippen LogP contribution in [-0.4, -0.2) is 60.9 Å². The van der Waals surface area contributed by atoms with Crippen molar-refractivity contribution in [1.82, 2.24) is 4.90 Å². The second-order valence-corrected chi connectivity index (χ2v) is 7.42. The Morgan fingerprint density at radius 3 is 2.57 bits per heavy atom. The van der Waals surface area contributed by atoms with Gasteiger partial charge in [0.05, 0.1) is 6.61 Å². The van der Waals surface area contributed by atoms with E-state index >= 15 is 0 Å². The lowest BCUT2D eigenvalue weighted by Crippen LogP contribution is -2.60. The molecule has 0 radical (unpaired) electrons. The quantitative estimate of drug-likeness (QED) is 0.738. The lowest BCUT2D eigenvalue weighted by Gasteiger charge is -2.39. The highest BCUT2D eigenvalue weighted by molar-refractivity contribution is 5.91. The number of hydrogen-bond donors (Lipinski definition) is 0. The fourth-order valence-corrected chi connectivity index (χ4v) is 3.34. The molecular formula is C17H29NO5. The number of hydrogen-bond acceptors (Lipinski definition) is 5. The number of carbonyl (C=O) groups excluding carboxylic acids is 2. The van der Waals surface area contributed by atoms with Gasteiger partial charge in [-0.3, -0.25) is 4.79 Å². The van der Waals surface area contributed by atoms with E-state index in [1.807, 2.05) is 20.8 Å². The Hall–Kier alpha value is -1.14. The molecule has 6 heteroatoms. The number of rotatable bonds is 4. The number of nitrogens with zero attached hydrogens (tertiary/aromatic N) is 1. The minimum atomic E-state index is -1.03. The van der Waals surface area contributed by atoms with Crippen molar-refractivity contribution in [3.05, 3.63) is 0 Å². The van der Waals surface area contributed by atoms with Crippen molar-refractivity contribution in [3.8, 4) is 0 Å². The highest BCUT2D eigenvalue weighted by Crippen LogP contribution is 2.34. The third kappa shape index (κ3) is 4.04. The predicted molar refractivity (Wildman–Crippen MR) is 85.0 cm³/mol. The van der Waals surface area contributed by atoms with Crippen molar-refractivity contribution in [3.63, 3.8) is 0 Å². The van der Waals surface area contributed by atoms with Gasteiger partial charge in [-0.1, -0.05) is 0 Å². The molecule has 2 rings (SSSR count). The first-order valence-electron chi connectivity index (χ1n) is 8.46. The lowest BCUT2D eigenvalue weighted by atomic mass is 9.95. The van der Waals surface area contributed by atoms with E-state index in [1.165, 1.54) is 0 Å². The maximum Gasteiger partial charge on any atom is 0.335 e. The molecule has 2 atom stereocenters. The van der Waals surface area contributed by atoms with Gasteiger partial charge in [0.25, 0.3) is 5.91 Å². The monoisotopic (exact) mass is 327 g/mol. The van der Waals surface area contributed by atoms with Gasteiger partial charge in [0.2, 0.25) is 0 Å². The number of amides is 1. The van der Waals surface area contributed by atoms with Gasteiger partial charge in [0.15, 0.2) is 5.54 Å². The Morgan fingerprint density at radius 1 is 1.26 bits per heavy atom. The molecule has 0 aromatic carbocycles. The zero-order valence-electron chi connectivity index (χ0n) is 14.7. The Bertz CT molecular complexity index is 439. The van der Waals surface area contributed by atoms with E-state index in [2.05, 4.69) is 0 Å². The van der Waals surface area contributed by atoms with Crippen LogP contribution < -0.4 is 0 Å². The van der Waals surface area contributed by atoms with E-state index in [4.69, 9.17) is 14.2 Å². The molecule has 2 fully saturated rings. The first-order valence-corrected chi connectivity index (χ1v) is 8.46. The van der Waals surface area contributed by atoms with E-state index in [9.17, 15) is 9.59 Å². The molecule has 0 aromatic rings. The first kappa shape index (κ1) is 18.2. The maximum absolute atomic E-state index is 12.9. The van der Waals surface area contributed by atoms with Crippen LogP contribution in [0.1, 0.15) is 52.9 Å². The summed E-state index contributed by atoms with van der Waals surface area (Å²) in [6.07, 6.45) is 3.56. The molecule has 2 unspecified atom stereocenters. The average molecular weight is 327 g/mol. The standard InChI is InChI=1S/C17H29NO5/c1-16(2,3)23-15(20)17(12-21-4)9-7-10-18(17)14(19)13-8-5-6-11-22-13/h13H,5-12H2,1-4H3. The number of likely N-dealkylation sites (tertiary alicyclic amines) is 1. The Kier molecular flexibility index (Phi) is 5.68. The lowest BCUT2D eigenvalue weighted by molar-refractivity contribution is -0.178. The SMILES string of the molecule is COCC1(C(=O)OC(C)(C)C)CCCN1C(=O)C1CCCCO1. The van der Waals surface area contributed by atoms with Crippen molar-refractivity contribution >= 4 is 11.9 Å². The normalized spacial score (nSPS) is 28.7. The molecule has 2 aliphatic heterocycles. The summed E-state index contributed by atoms with van der Waals surface area (Å²) in [6, 6.07) is 0. The van der Waals surface area contributed by atoms with E-state index in [0.717, 1.165) is 19.3 Å². The minimum absolute atomic E-state index is 0.106. The van der Waals surface area contributed by atoms with Gasteiger partial charge in [0, 0.05) is 20.3 Å². The largest absolute Gasteiger partial charge is 0.458 e. The zero-order valence-corrected chi connectivity index (χ0v) is 14.7. The summed E-state index contributed by atoms with van der Waals surface area (Å²) in [7, 11) is 1.55. The molecule has 2 saturated heterocycles. The molecule has 0 saturated carbocycles. The van der Waals surface area contributed by atoms with Gasteiger partial charge >= 0.3 is 5.97 Å². The molecule has 0 bridgehead atoms. The molecule has 0 spiro atoms. The molecule has 0 aliphatic carbocycles. The first-order chi connectivity index (χ1) is 10.8. The number of ether oxygens (including phenoxy) is 3. The fourth-order valence-electron chi connectivity index (χ4n) is 3.34. The molecule has 0 N–H and O–H groups in total. The number of carbonyl (C=O) groups is 2. The van der Waals surface area contributed by atoms with Gasteiger partial charge in [-0.15, -0.1) is 0 Å². The topological polar surface area (TPSA) is 65.1 Å². The van der Waals surface area contributed by atoms with Crippen LogP contribution in [0.15, 0.2) is 0 Å². The van der Waals surface area contributed by atoms with Gasteiger partial charge in [-0.2, -0.15) is 0 Å². The van der Waals surface area contributed by atoms with E-state index in [1.54, 1.807) is 12.0 Å². The van der Waals surface area contributed by atoms with E-state index < -0.39 is 17.2 Å². The van der Waals surface area contributed by atoms with Gasteiger partial charge in [-0.25, -0.2) is 4.79 Å². The van der Waals surface area contributed by atoms with Crippen molar-refractivity contribution in [2.75, 3.05) is 26.9 Å². The predicted octanol–water partition coefficient (Wildman–Crippen LogP) is 1.90. The molecule has 1 amide bonds. The summed E-state index contributed by atoms with van der Waals surface area (Å²) in [6.45, 7) is 6.79. The van der Waals surface area contributed by atoms with Crippen LogP contribution in [0.5, 0.6) is 0 Å². The van der Waals surface area contributed by atoms with Crippen molar-refractivity contribution < 1.29 is 23.8 Å². The Labute approximate surface area is 138 Å². The molecule has 2 heterocycles. The van der Waals surface area contributed by atoms with Crippen LogP contribution in [0.25, 0.3) is 0 Å². The summed E-state index contributed by atoms with van der Waals surface area (Å²) in [5.74, 6) is -0.487. The van der Waals surface area contributed by atoms with E-state index in [-0.39, 0.29) is 18.5 Å². The summed E-state index contributed by atoms with van der Waals surface area (Å²) < 4.78 is 16.5. The maximum atomic E-state index is 12.9. The van der Waals surface area contributed by atoms with Crippen LogP contribution in [0, 0.1) is 0 Å². The van der Waals surface area contributed by atoms with Crippen LogP contribution in [0.2, 0.25) is 0 Å². The zero-order chi connectivity index (χ0) is 17.1. The number of methoxy groups -OCH3 is 1. The molecule has 132 valence electrons. The molecule has 0 aromatic heterocycles. The van der Waals surface area contributed by atoms with Gasteiger partial charge in [-0.05, 0) is 52.9 Å². The van der Waals surface area contributed by atoms with Crippen molar-refractivity contribution in [1.29, 1.82) is 0 Å². The highest BCUT2D eigenvalue weighted by atomic mass is 16.6. The summed E-state index contributed by atoms with van der Waals surface area (Å²) >= 11 is 0. The molecule has 23 heavy (non-hydrogen) atoms. The Balaban J connectivity index is 2.21.